The molecule has 5 N–H and O–H groups in total. The molecule has 1 saturated carbocycles. The van der Waals surface area contributed by atoms with Gasteiger partial charge in [-0.3, -0.25) is 14.6 Å². The Morgan fingerprint density at radius 2 is 1.90 bits per heavy atom. The second-order valence-corrected chi connectivity index (χ2v) is 13.2. The first kappa shape index (κ1) is 35.2. The lowest BCUT2D eigenvalue weighted by Crippen LogP contribution is -2.56. The molecule has 1 amide bonds. The van der Waals surface area contributed by atoms with Crippen molar-refractivity contribution in [2.24, 2.45) is 0 Å². The SMILES string of the molecule is COC(=O)N[C@@H]1CCN(c2cc(C#N)cc(Nc3nc(NC4CC4)c4ncc(C#N)n4n3)c2Cl)C[C@@H]1OC(=O)Cc1ccc(OP(=O)(O)O)cc1. The minimum absolute atomic E-state index is 0.0714. The molecule has 20 heteroatoms. The van der Waals surface area contributed by atoms with Crippen molar-refractivity contribution in [1.29, 1.82) is 10.5 Å². The largest absolute Gasteiger partial charge is 0.524 e. The molecule has 264 valence electrons. The summed E-state index contributed by atoms with van der Waals surface area (Å²) in [4.78, 5) is 54.0. The summed E-state index contributed by atoms with van der Waals surface area (Å²) in [6.45, 7) is 0.415. The van der Waals surface area contributed by atoms with Gasteiger partial charge in [0.25, 0.3) is 0 Å². The molecule has 4 aromatic rings. The summed E-state index contributed by atoms with van der Waals surface area (Å²) in [5.41, 5.74) is 2.06. The number of methoxy groups -OCH3 is 1. The van der Waals surface area contributed by atoms with Crippen LogP contribution in [-0.4, -0.2) is 79.8 Å². The maximum Gasteiger partial charge on any atom is 0.524 e. The molecule has 1 aliphatic heterocycles. The van der Waals surface area contributed by atoms with E-state index in [1.807, 2.05) is 4.90 Å². The quantitative estimate of drug-likeness (QED) is 0.109. The van der Waals surface area contributed by atoms with Gasteiger partial charge in [0.2, 0.25) is 5.95 Å². The van der Waals surface area contributed by atoms with Crippen LogP contribution in [-0.2, 0) is 25.3 Å². The number of nitrogens with zero attached hydrogens (tertiary/aromatic N) is 7. The first-order valence-corrected chi connectivity index (χ1v) is 17.4. The Balaban J connectivity index is 1.24. The molecule has 1 saturated heterocycles. The molecule has 1 aliphatic carbocycles. The predicted octanol–water partition coefficient (Wildman–Crippen LogP) is 3.40. The lowest BCUT2D eigenvalue weighted by atomic mass is 10.00. The number of piperidine rings is 1. The zero-order valence-electron chi connectivity index (χ0n) is 26.8. The summed E-state index contributed by atoms with van der Waals surface area (Å²) in [5.74, 6) is -0.190. The van der Waals surface area contributed by atoms with Crippen LogP contribution >= 0.6 is 19.4 Å². The smallest absolute Gasteiger partial charge is 0.458 e. The molecule has 0 bridgehead atoms. The Labute approximate surface area is 295 Å². The third kappa shape index (κ3) is 8.57. The number of phosphoric ester groups is 1. The van der Waals surface area contributed by atoms with Crippen molar-refractivity contribution in [3.63, 3.8) is 0 Å². The number of alkyl carbamates (subject to hydrolysis) is 1. The number of rotatable bonds is 11. The van der Waals surface area contributed by atoms with Crippen molar-refractivity contribution in [2.45, 2.75) is 43.9 Å². The van der Waals surface area contributed by atoms with E-state index in [1.165, 1.54) is 48.2 Å². The summed E-state index contributed by atoms with van der Waals surface area (Å²) in [5, 5.41) is 33.3. The first-order chi connectivity index (χ1) is 24.4. The summed E-state index contributed by atoms with van der Waals surface area (Å²) in [6, 6.07) is 12.5. The van der Waals surface area contributed by atoms with Gasteiger partial charge in [0.05, 0.1) is 60.3 Å². The number of benzene rings is 2. The van der Waals surface area contributed by atoms with Crippen molar-refractivity contribution in [3.8, 4) is 17.9 Å². The predicted molar refractivity (Wildman–Crippen MR) is 180 cm³/mol. The highest BCUT2D eigenvalue weighted by Gasteiger charge is 2.35. The number of phosphoric acid groups is 1. The van der Waals surface area contributed by atoms with Crippen molar-refractivity contribution in [1.82, 2.24) is 24.9 Å². The molecule has 2 aliphatic rings. The molecule has 2 aromatic heterocycles. The second-order valence-electron chi connectivity index (χ2n) is 11.7. The van der Waals surface area contributed by atoms with Crippen LogP contribution in [0.4, 0.5) is 27.9 Å². The molecule has 0 spiro atoms. The number of carbonyl (C=O) groups excluding carboxylic acids is 2. The third-order valence-corrected chi connectivity index (χ3v) is 8.84. The number of aromatic nitrogens is 4. The van der Waals surface area contributed by atoms with E-state index in [0.717, 1.165) is 12.8 Å². The molecular weight excluding hydrogens is 707 g/mol. The molecule has 2 atom stereocenters. The van der Waals surface area contributed by atoms with E-state index in [4.69, 9.17) is 30.9 Å². The van der Waals surface area contributed by atoms with Gasteiger partial charge in [-0.05, 0) is 49.1 Å². The Morgan fingerprint density at radius 3 is 2.57 bits per heavy atom. The van der Waals surface area contributed by atoms with E-state index in [-0.39, 0.29) is 47.0 Å². The highest BCUT2D eigenvalue weighted by atomic mass is 35.5. The lowest BCUT2D eigenvalue weighted by Gasteiger charge is -2.39. The molecule has 2 aromatic carbocycles. The average molecular weight is 737 g/mol. The van der Waals surface area contributed by atoms with Gasteiger partial charge in [-0.25, -0.2) is 14.3 Å². The van der Waals surface area contributed by atoms with Crippen LogP contribution in [0.25, 0.3) is 5.65 Å². The minimum Gasteiger partial charge on any atom is -0.458 e. The fraction of sp³-hybridized carbons (Fsp3) is 0.323. The number of fused-ring (bicyclic) bond motifs is 1. The molecule has 2 fully saturated rings. The lowest BCUT2D eigenvalue weighted by molar-refractivity contribution is -0.149. The zero-order valence-corrected chi connectivity index (χ0v) is 28.5. The summed E-state index contributed by atoms with van der Waals surface area (Å²) >= 11 is 6.95. The van der Waals surface area contributed by atoms with E-state index in [9.17, 15) is 24.7 Å². The fourth-order valence-corrected chi connectivity index (χ4v) is 6.13. The number of hydrogen-bond donors (Lipinski definition) is 5. The van der Waals surface area contributed by atoms with Crippen LogP contribution in [0.5, 0.6) is 5.75 Å². The number of amides is 1. The number of halogens is 1. The number of esters is 1. The van der Waals surface area contributed by atoms with E-state index in [1.54, 1.807) is 6.07 Å². The Bertz CT molecular complexity index is 2110. The van der Waals surface area contributed by atoms with Crippen LogP contribution in [0.1, 0.15) is 36.1 Å². The molecule has 0 radical (unpaired) electrons. The van der Waals surface area contributed by atoms with Gasteiger partial charge in [0.1, 0.15) is 17.9 Å². The Morgan fingerprint density at radius 1 is 1.14 bits per heavy atom. The van der Waals surface area contributed by atoms with Crippen molar-refractivity contribution < 1.29 is 37.9 Å². The van der Waals surface area contributed by atoms with Gasteiger partial charge >= 0.3 is 19.9 Å². The van der Waals surface area contributed by atoms with Crippen LogP contribution in [0.2, 0.25) is 5.02 Å². The van der Waals surface area contributed by atoms with Crippen LogP contribution < -0.4 is 25.4 Å². The normalized spacial score (nSPS) is 17.2. The molecule has 0 unspecified atom stereocenters. The molecule has 6 rings (SSSR count). The van der Waals surface area contributed by atoms with Gasteiger partial charge in [-0.15, -0.1) is 5.10 Å². The van der Waals surface area contributed by atoms with E-state index in [0.29, 0.717) is 41.4 Å². The molecular formula is C31H30ClN10O8P. The van der Waals surface area contributed by atoms with Gasteiger partial charge in [-0.1, -0.05) is 23.7 Å². The highest BCUT2D eigenvalue weighted by Crippen LogP contribution is 2.39. The topological polar surface area (TPSA) is 249 Å². The third-order valence-electron chi connectivity index (χ3n) is 7.99. The van der Waals surface area contributed by atoms with Gasteiger partial charge in [0, 0.05) is 12.6 Å². The number of carbonyl (C=O) groups is 2. The summed E-state index contributed by atoms with van der Waals surface area (Å²) in [6.07, 6.45) is 1.86. The maximum absolute atomic E-state index is 13.1. The van der Waals surface area contributed by atoms with Crippen molar-refractivity contribution >= 4 is 60.3 Å². The van der Waals surface area contributed by atoms with Gasteiger partial charge in [0.15, 0.2) is 17.2 Å². The number of nitrogens with one attached hydrogen (secondary N) is 3. The summed E-state index contributed by atoms with van der Waals surface area (Å²) in [7, 11) is -3.53. The number of nitriles is 2. The molecule has 18 nitrogen and oxygen atoms in total. The van der Waals surface area contributed by atoms with Crippen LogP contribution in [0, 0.1) is 22.7 Å². The van der Waals surface area contributed by atoms with E-state index < -0.39 is 32.0 Å². The number of hydrogen-bond acceptors (Lipinski definition) is 14. The highest BCUT2D eigenvalue weighted by molar-refractivity contribution is 7.46. The maximum atomic E-state index is 13.1. The number of ether oxygens (including phenoxy) is 2. The summed E-state index contributed by atoms with van der Waals surface area (Å²) < 4.78 is 27.6. The second kappa shape index (κ2) is 14.7. The first-order valence-electron chi connectivity index (χ1n) is 15.5. The average Bonchev–Trinajstić information content (AvgIpc) is 3.82. The Hall–Kier alpha value is -5.65. The van der Waals surface area contributed by atoms with E-state index in [2.05, 4.69) is 47.7 Å². The van der Waals surface area contributed by atoms with Crippen LogP contribution in [0.3, 0.4) is 0 Å². The van der Waals surface area contributed by atoms with Crippen molar-refractivity contribution in [2.75, 3.05) is 35.7 Å². The van der Waals surface area contributed by atoms with E-state index >= 15 is 0 Å². The molecule has 3 heterocycles. The van der Waals surface area contributed by atoms with Crippen molar-refractivity contribution in [3.05, 3.63) is 64.4 Å². The fourth-order valence-electron chi connectivity index (χ4n) is 5.46. The molecule has 51 heavy (non-hydrogen) atoms. The number of imidazole rings is 1. The van der Waals surface area contributed by atoms with Crippen LogP contribution in [0.15, 0.2) is 42.6 Å². The Kier molecular flexibility index (Phi) is 10.1. The minimum atomic E-state index is -4.75. The van der Waals surface area contributed by atoms with Gasteiger partial charge < -0.3 is 34.8 Å². The van der Waals surface area contributed by atoms with Gasteiger partial charge in [-0.2, -0.15) is 20.0 Å². The monoisotopic (exact) mass is 736 g/mol. The number of anilines is 4. The standard InChI is InChI=1S/C31H30ClN10O8P/c1-48-31(44)38-22-8-9-41(16-25(22)49-26(43)12-17-2-6-21(7-3-17)50-51(45,46)47)24-11-18(13-33)10-23(27(24)32)37-30-39-28(36-19-4-5-19)29-35-15-20(14-34)42(29)40-30/h2-3,6-7,10-11,15,19,22,25H,4-5,8-9,12,16H2,1H3,(H,38,44)(H2,45,46,47)(H2,36,37,39,40)/t22-,25+/m1/s1. The zero-order chi connectivity index (χ0) is 36.3.